The molecule has 9 heteroatoms. The quantitative estimate of drug-likeness (QED) is 0.697. The number of quaternary nitrogens is 1. The van der Waals surface area contributed by atoms with Crippen LogP contribution in [-0.2, 0) is 4.79 Å². The molecule has 0 aliphatic carbocycles. The molecule has 1 aliphatic heterocycles. The third kappa shape index (κ3) is 2.86. The van der Waals surface area contributed by atoms with E-state index in [9.17, 15) is 9.90 Å². The monoisotopic (exact) mass is 376 g/mol. The molecular formula is C17H22N5O3S+. The average molecular weight is 376 g/mol. The summed E-state index contributed by atoms with van der Waals surface area (Å²) in [4.78, 5) is 20.6. The van der Waals surface area contributed by atoms with Crippen molar-refractivity contribution in [2.24, 2.45) is 0 Å². The van der Waals surface area contributed by atoms with Gasteiger partial charge in [0, 0.05) is 6.92 Å². The van der Waals surface area contributed by atoms with Crippen molar-refractivity contribution in [3.63, 3.8) is 0 Å². The molecule has 138 valence electrons. The van der Waals surface area contributed by atoms with E-state index in [0.29, 0.717) is 23.9 Å². The van der Waals surface area contributed by atoms with Crippen LogP contribution in [0.4, 0.5) is 0 Å². The molecule has 0 spiro atoms. The van der Waals surface area contributed by atoms with Gasteiger partial charge in [-0.05, 0) is 26.0 Å². The van der Waals surface area contributed by atoms with Gasteiger partial charge in [0.25, 0.3) is 0 Å². The zero-order valence-electron chi connectivity index (χ0n) is 15.0. The lowest BCUT2D eigenvalue weighted by molar-refractivity contribution is -0.930. The fraction of sp³-hybridized carbons (Fsp3) is 0.471. The Morgan fingerprint density at radius 2 is 2.08 bits per heavy atom. The maximum Gasteiger partial charge on any atom is 0.235 e. The van der Waals surface area contributed by atoms with Crippen molar-refractivity contribution in [1.29, 1.82) is 0 Å². The van der Waals surface area contributed by atoms with Gasteiger partial charge in [-0.25, -0.2) is 4.98 Å². The highest BCUT2D eigenvalue weighted by molar-refractivity contribution is 7.17. The standard InChI is InChI=1S/C17H21N5O3S/c1-10-4-5-13(25-10)14(21-8-6-20(7-9-21)12(3)23)15-16(24)22-17(26-15)18-11(2)19-22/h4-5,14,24H,6-9H2,1-3H3/p+1/t14-/m1/s1. The predicted octanol–water partition coefficient (Wildman–Crippen LogP) is 0.543. The maximum absolute atomic E-state index is 11.6. The molecule has 0 bridgehead atoms. The van der Waals surface area contributed by atoms with E-state index in [1.165, 1.54) is 20.8 Å². The van der Waals surface area contributed by atoms with Gasteiger partial charge >= 0.3 is 0 Å². The molecule has 1 atom stereocenters. The molecule has 26 heavy (non-hydrogen) atoms. The van der Waals surface area contributed by atoms with E-state index in [2.05, 4.69) is 10.1 Å². The van der Waals surface area contributed by atoms with Gasteiger partial charge in [-0.1, -0.05) is 11.3 Å². The number of furan rings is 1. The predicted molar refractivity (Wildman–Crippen MR) is 95.5 cm³/mol. The Kier molecular flexibility index (Phi) is 4.20. The van der Waals surface area contributed by atoms with Crippen molar-refractivity contribution >= 4 is 22.2 Å². The Hall–Kier alpha value is -2.39. The summed E-state index contributed by atoms with van der Waals surface area (Å²) in [6.45, 7) is 8.29. The maximum atomic E-state index is 11.6. The average Bonchev–Trinajstić information content (AvgIpc) is 3.26. The molecular weight excluding hydrogens is 354 g/mol. The number of aryl methyl sites for hydroxylation is 2. The number of amides is 1. The molecule has 4 rings (SSSR count). The molecule has 1 fully saturated rings. The summed E-state index contributed by atoms with van der Waals surface area (Å²) >= 11 is 1.44. The Morgan fingerprint density at radius 3 is 2.65 bits per heavy atom. The number of carbonyl (C=O) groups is 1. The molecule has 3 aromatic heterocycles. The number of fused-ring (bicyclic) bond motifs is 1. The van der Waals surface area contributed by atoms with Crippen LogP contribution in [-0.4, -0.2) is 56.7 Å². The van der Waals surface area contributed by atoms with E-state index < -0.39 is 0 Å². The molecule has 1 aliphatic rings. The minimum atomic E-state index is -0.147. The summed E-state index contributed by atoms with van der Waals surface area (Å²) in [5, 5.41) is 15.0. The van der Waals surface area contributed by atoms with E-state index >= 15 is 0 Å². The number of carbonyl (C=O) groups excluding carboxylic acids is 1. The third-order valence-corrected chi connectivity index (χ3v) is 5.96. The van der Waals surface area contributed by atoms with E-state index in [0.717, 1.165) is 29.5 Å². The summed E-state index contributed by atoms with van der Waals surface area (Å²) < 4.78 is 7.41. The number of nitrogens with zero attached hydrogens (tertiary/aromatic N) is 4. The number of aromatic nitrogens is 3. The zero-order chi connectivity index (χ0) is 18.4. The topological polar surface area (TPSA) is 88.3 Å². The fourth-order valence-corrected chi connectivity index (χ4v) is 4.72. The van der Waals surface area contributed by atoms with E-state index in [1.54, 1.807) is 13.8 Å². The number of rotatable bonds is 3. The van der Waals surface area contributed by atoms with Crippen molar-refractivity contribution in [2.75, 3.05) is 26.2 Å². The number of nitrogens with one attached hydrogen (secondary N) is 1. The molecule has 4 heterocycles. The molecule has 0 aromatic carbocycles. The van der Waals surface area contributed by atoms with Gasteiger partial charge in [0.05, 0.1) is 26.2 Å². The van der Waals surface area contributed by atoms with Crippen molar-refractivity contribution in [2.45, 2.75) is 26.8 Å². The molecule has 0 unspecified atom stereocenters. The fourth-order valence-electron chi connectivity index (χ4n) is 3.56. The smallest absolute Gasteiger partial charge is 0.235 e. The lowest BCUT2D eigenvalue weighted by atomic mass is 10.1. The van der Waals surface area contributed by atoms with Gasteiger partial charge in [-0.15, -0.1) is 5.10 Å². The van der Waals surface area contributed by atoms with Crippen LogP contribution in [0.1, 0.15) is 35.2 Å². The van der Waals surface area contributed by atoms with Crippen molar-refractivity contribution in [1.82, 2.24) is 19.5 Å². The van der Waals surface area contributed by atoms with E-state index in [1.807, 2.05) is 24.0 Å². The van der Waals surface area contributed by atoms with Gasteiger partial charge in [0.2, 0.25) is 16.7 Å². The first-order chi connectivity index (χ1) is 12.4. The summed E-state index contributed by atoms with van der Waals surface area (Å²) in [6.07, 6.45) is 0. The second-order valence-corrected chi connectivity index (χ2v) is 7.70. The van der Waals surface area contributed by atoms with E-state index in [4.69, 9.17) is 4.42 Å². The van der Waals surface area contributed by atoms with Crippen molar-refractivity contribution in [3.8, 4) is 5.88 Å². The van der Waals surface area contributed by atoms with Crippen LogP contribution in [0.5, 0.6) is 5.88 Å². The largest absolute Gasteiger partial charge is 0.492 e. The van der Waals surface area contributed by atoms with Gasteiger partial charge in [0.1, 0.15) is 16.5 Å². The first kappa shape index (κ1) is 17.0. The van der Waals surface area contributed by atoms with Gasteiger partial charge < -0.3 is 19.3 Å². The van der Waals surface area contributed by atoms with Crippen molar-refractivity contribution < 1.29 is 19.2 Å². The molecule has 8 nitrogen and oxygen atoms in total. The molecule has 0 radical (unpaired) electrons. The first-order valence-electron chi connectivity index (χ1n) is 8.65. The Bertz CT molecular complexity index is 951. The lowest BCUT2D eigenvalue weighted by Gasteiger charge is -2.35. The van der Waals surface area contributed by atoms with Crippen LogP contribution in [0.3, 0.4) is 0 Å². The van der Waals surface area contributed by atoms with Crippen LogP contribution < -0.4 is 4.90 Å². The van der Waals surface area contributed by atoms with Crippen LogP contribution in [0, 0.1) is 13.8 Å². The number of thiazole rings is 1. The summed E-state index contributed by atoms with van der Waals surface area (Å²) in [5.74, 6) is 2.50. The summed E-state index contributed by atoms with van der Waals surface area (Å²) in [7, 11) is 0. The SMILES string of the molecule is CC(=O)N1CC[NH+]([C@H](c2ccc(C)o2)c2sc3nc(C)nn3c2O)CC1. The van der Waals surface area contributed by atoms with Crippen molar-refractivity contribution in [3.05, 3.63) is 34.4 Å². The third-order valence-electron chi connectivity index (χ3n) is 4.87. The molecule has 0 saturated carbocycles. The highest BCUT2D eigenvalue weighted by Crippen LogP contribution is 2.35. The second kappa shape index (κ2) is 6.40. The van der Waals surface area contributed by atoms with Crippen LogP contribution >= 0.6 is 11.3 Å². The number of aromatic hydroxyl groups is 1. The lowest BCUT2D eigenvalue weighted by Crippen LogP contribution is -3.15. The number of piperazine rings is 1. The van der Waals surface area contributed by atoms with E-state index in [-0.39, 0.29) is 17.8 Å². The molecule has 2 N–H and O–H groups in total. The van der Waals surface area contributed by atoms with Crippen LogP contribution in [0.2, 0.25) is 0 Å². The van der Waals surface area contributed by atoms with Gasteiger partial charge in [-0.2, -0.15) is 4.52 Å². The Balaban J connectivity index is 1.72. The Labute approximate surface area is 154 Å². The molecule has 1 amide bonds. The van der Waals surface area contributed by atoms with Gasteiger partial charge in [0.15, 0.2) is 11.8 Å². The van der Waals surface area contributed by atoms with Crippen LogP contribution in [0.15, 0.2) is 16.5 Å². The second-order valence-electron chi connectivity index (χ2n) is 6.69. The first-order valence-corrected chi connectivity index (χ1v) is 9.47. The minimum Gasteiger partial charge on any atom is -0.492 e. The highest BCUT2D eigenvalue weighted by Gasteiger charge is 2.37. The normalized spacial score (nSPS) is 17.1. The Morgan fingerprint density at radius 1 is 1.35 bits per heavy atom. The zero-order valence-corrected chi connectivity index (χ0v) is 15.8. The number of hydrogen-bond donors (Lipinski definition) is 2. The molecule has 1 saturated heterocycles. The number of hydrogen-bond acceptors (Lipinski definition) is 6. The summed E-state index contributed by atoms with van der Waals surface area (Å²) in [5.41, 5.74) is 0. The highest BCUT2D eigenvalue weighted by atomic mass is 32.1. The van der Waals surface area contributed by atoms with Crippen LogP contribution in [0.25, 0.3) is 4.96 Å². The molecule has 3 aromatic rings. The minimum absolute atomic E-state index is 0.103. The summed E-state index contributed by atoms with van der Waals surface area (Å²) in [6, 6.07) is 3.75. The van der Waals surface area contributed by atoms with Gasteiger partial charge in [-0.3, -0.25) is 4.79 Å².